The van der Waals surface area contributed by atoms with Gasteiger partial charge in [0.25, 0.3) is 11.2 Å². The number of phosphoric acid groups is 3. The number of nitro benzene ring substituents is 1. The molecule has 1 fully saturated rings. The second-order valence-electron chi connectivity index (χ2n) is 9.43. The molecule has 0 radical (unpaired) electrons. The van der Waals surface area contributed by atoms with E-state index in [1.807, 2.05) is 0 Å². The summed E-state index contributed by atoms with van der Waals surface area (Å²) >= 11 is 0. The van der Waals surface area contributed by atoms with Crippen LogP contribution in [-0.4, -0.2) is 58.0 Å². The number of hydrogen-bond donors (Lipinski definition) is 6. The first kappa shape index (κ1) is 35.1. The molecule has 2 aromatic rings. The van der Waals surface area contributed by atoms with E-state index in [0.717, 1.165) is 10.8 Å². The summed E-state index contributed by atoms with van der Waals surface area (Å²) in [7, 11) is -16.9. The molecule has 0 bridgehead atoms. The minimum Gasteiger partial charge on any atom is -0.390 e. The van der Waals surface area contributed by atoms with Gasteiger partial charge in [-0.2, -0.15) is 8.62 Å². The lowest BCUT2D eigenvalue weighted by Crippen LogP contribution is -2.34. The Morgan fingerprint density at radius 3 is 2.37 bits per heavy atom. The van der Waals surface area contributed by atoms with Crippen LogP contribution in [0.2, 0.25) is 0 Å². The third-order valence-electron chi connectivity index (χ3n) is 5.84. The molecule has 0 aliphatic carbocycles. The third kappa shape index (κ3) is 9.79. The molecule has 6 atom stereocenters. The summed E-state index contributed by atoms with van der Waals surface area (Å²) < 4.78 is 58.1. The average Bonchev–Trinajstić information content (AvgIpc) is 3.22. The largest absolute Gasteiger partial charge is 0.490 e. The Labute approximate surface area is 241 Å². The quantitative estimate of drug-likeness (QED) is 0.0935. The summed E-state index contributed by atoms with van der Waals surface area (Å²) in [6.07, 6.45) is -4.17. The van der Waals surface area contributed by atoms with E-state index >= 15 is 0 Å². The van der Waals surface area contributed by atoms with E-state index in [-0.39, 0.29) is 29.2 Å². The Hall–Kier alpha value is -2.41. The molecule has 0 saturated carbocycles. The van der Waals surface area contributed by atoms with Gasteiger partial charge < -0.3 is 34.2 Å². The van der Waals surface area contributed by atoms with Gasteiger partial charge in [-0.05, 0) is 12.0 Å². The summed E-state index contributed by atoms with van der Waals surface area (Å²) in [6, 6.07) is 5.91. The number of aromatic amines is 1. The zero-order chi connectivity index (χ0) is 32.3. The summed E-state index contributed by atoms with van der Waals surface area (Å²) in [6.45, 7) is 2.14. The molecule has 1 aliphatic rings. The van der Waals surface area contributed by atoms with E-state index < -0.39 is 77.4 Å². The van der Waals surface area contributed by atoms with Crippen LogP contribution in [0.4, 0.5) is 5.69 Å². The minimum absolute atomic E-state index is 0.0846. The Bertz CT molecular complexity index is 1590. The Morgan fingerprint density at radius 2 is 1.77 bits per heavy atom. The van der Waals surface area contributed by atoms with E-state index in [1.54, 1.807) is 19.9 Å². The molecule has 1 aliphatic heterocycles. The van der Waals surface area contributed by atoms with Gasteiger partial charge in [0.05, 0.1) is 41.5 Å². The number of aromatic nitrogens is 2. The van der Waals surface area contributed by atoms with Gasteiger partial charge in [0.1, 0.15) is 12.3 Å². The second kappa shape index (κ2) is 13.7. The van der Waals surface area contributed by atoms with Crippen LogP contribution in [0.15, 0.2) is 40.1 Å². The Morgan fingerprint density at radius 1 is 1.12 bits per heavy atom. The number of H-pyrrole nitrogens is 1. The van der Waals surface area contributed by atoms with Crippen molar-refractivity contribution in [2.24, 2.45) is 5.92 Å². The fourth-order valence-corrected chi connectivity index (χ4v) is 7.10. The van der Waals surface area contributed by atoms with Crippen molar-refractivity contribution in [3.63, 3.8) is 0 Å². The molecule has 2 heterocycles. The first-order valence-corrected chi connectivity index (χ1v) is 16.6. The van der Waals surface area contributed by atoms with Crippen molar-refractivity contribution >= 4 is 29.2 Å². The van der Waals surface area contributed by atoms with Crippen LogP contribution in [0.25, 0.3) is 0 Å². The number of hydrogen-bond acceptors (Lipinski definition) is 13. The van der Waals surface area contributed by atoms with Crippen LogP contribution in [0.3, 0.4) is 0 Å². The van der Waals surface area contributed by atoms with Gasteiger partial charge in [0, 0.05) is 18.7 Å². The first-order chi connectivity index (χ1) is 19.8. The lowest BCUT2D eigenvalue weighted by molar-refractivity contribution is -0.386. The molecule has 1 aromatic heterocycles. The number of aliphatic hydroxyl groups excluding tert-OH is 1. The SMILES string of the molecule is CC(C)C(OCc1cn([C@H]2C[C@@H](O)[C@@H](COP(=O)(O)OP(=O)(O)OP(=O)(O)O)O2)c(=O)[nH]c1=O)c1ccccc1[N+](=O)[O-]. The highest BCUT2D eigenvalue weighted by Crippen LogP contribution is 2.66. The van der Waals surface area contributed by atoms with Gasteiger partial charge in [0.2, 0.25) is 0 Å². The van der Waals surface area contributed by atoms with Gasteiger partial charge in [-0.1, -0.05) is 26.0 Å². The molecule has 0 amide bonds. The summed E-state index contributed by atoms with van der Waals surface area (Å²) in [5.74, 6) is -0.269. The van der Waals surface area contributed by atoms with Crippen molar-refractivity contribution in [2.75, 3.05) is 6.61 Å². The maximum Gasteiger partial charge on any atom is 0.490 e. The third-order valence-corrected chi connectivity index (χ3v) is 9.64. The lowest BCUT2D eigenvalue weighted by atomic mass is 9.97. The fraction of sp³-hybridized carbons (Fsp3) is 0.500. The van der Waals surface area contributed by atoms with Gasteiger partial charge in [0.15, 0.2) is 0 Å². The second-order valence-corrected chi connectivity index (χ2v) is 13.9. The summed E-state index contributed by atoms with van der Waals surface area (Å²) in [5, 5.41) is 21.8. The predicted molar refractivity (Wildman–Crippen MR) is 141 cm³/mol. The highest BCUT2D eigenvalue weighted by molar-refractivity contribution is 7.66. The highest BCUT2D eigenvalue weighted by atomic mass is 31.3. The van der Waals surface area contributed by atoms with Crippen LogP contribution < -0.4 is 11.2 Å². The molecule has 3 unspecified atom stereocenters. The predicted octanol–water partition coefficient (Wildman–Crippen LogP) is 1.35. The van der Waals surface area contributed by atoms with Gasteiger partial charge in [-0.3, -0.25) is 29.0 Å². The normalized spacial score (nSPS) is 22.7. The molecule has 20 nitrogen and oxygen atoms in total. The number of para-hydroxylation sites is 1. The number of aliphatic hydroxyl groups is 1. The maximum atomic E-state index is 12.5. The number of nitrogens with one attached hydrogen (secondary N) is 1. The van der Waals surface area contributed by atoms with Crippen LogP contribution in [0.5, 0.6) is 0 Å². The molecule has 6 N–H and O–H groups in total. The molecule has 1 saturated heterocycles. The zero-order valence-electron chi connectivity index (χ0n) is 22.3. The molecule has 0 spiro atoms. The number of phosphoric ester groups is 1. The molecule has 43 heavy (non-hydrogen) atoms. The number of ether oxygens (including phenoxy) is 2. The van der Waals surface area contributed by atoms with Crippen molar-refractivity contribution in [2.45, 2.75) is 51.4 Å². The van der Waals surface area contributed by atoms with E-state index in [1.165, 1.54) is 18.2 Å². The van der Waals surface area contributed by atoms with E-state index in [4.69, 9.17) is 19.3 Å². The van der Waals surface area contributed by atoms with Crippen molar-refractivity contribution in [1.82, 2.24) is 9.55 Å². The van der Waals surface area contributed by atoms with E-state index in [9.17, 15) is 48.3 Å². The van der Waals surface area contributed by atoms with Crippen LogP contribution in [0.1, 0.15) is 43.7 Å². The summed E-state index contributed by atoms with van der Waals surface area (Å²) in [4.78, 5) is 74.0. The first-order valence-electron chi connectivity index (χ1n) is 12.1. The Balaban J connectivity index is 1.73. The van der Waals surface area contributed by atoms with E-state index in [2.05, 4.69) is 18.1 Å². The molecule has 240 valence electrons. The molecule has 1 aromatic carbocycles. The minimum atomic E-state index is -5.77. The average molecular weight is 675 g/mol. The topological polar surface area (TPSA) is 297 Å². The van der Waals surface area contributed by atoms with Gasteiger partial charge >= 0.3 is 29.2 Å². The van der Waals surface area contributed by atoms with Gasteiger partial charge in [-0.25, -0.2) is 18.5 Å². The molecule has 23 heteroatoms. The smallest absolute Gasteiger partial charge is 0.390 e. The summed E-state index contributed by atoms with van der Waals surface area (Å²) in [5.41, 5.74) is -1.78. The highest BCUT2D eigenvalue weighted by Gasteiger charge is 2.43. The van der Waals surface area contributed by atoms with E-state index in [0.29, 0.717) is 0 Å². The lowest BCUT2D eigenvalue weighted by Gasteiger charge is -2.22. The fourth-order valence-electron chi connectivity index (χ4n) is 4.07. The standard InChI is InChI=1S/C20H28N3O17P3/c1-11(2)18(13-5-3-4-6-14(13)23(27)28)36-9-12-8-22(20(26)21-19(12)25)17-7-15(24)16(38-17)10-37-42(32,33)40-43(34,35)39-41(29,30)31/h3-6,8,11,15-18,24H,7,9-10H2,1-2H3,(H,32,33)(H,34,35)(H,21,25,26)(H2,29,30,31)/t15-,16-,17-,18?/m1/s1. The molecular weight excluding hydrogens is 647 g/mol. The van der Waals surface area contributed by atoms with Crippen LogP contribution in [-0.2, 0) is 42.9 Å². The van der Waals surface area contributed by atoms with Crippen LogP contribution in [0, 0.1) is 16.0 Å². The zero-order valence-corrected chi connectivity index (χ0v) is 24.9. The van der Waals surface area contributed by atoms with Crippen molar-refractivity contribution in [3.8, 4) is 0 Å². The van der Waals surface area contributed by atoms with Crippen molar-refractivity contribution in [3.05, 3.63) is 72.5 Å². The van der Waals surface area contributed by atoms with Crippen LogP contribution >= 0.6 is 23.5 Å². The maximum absolute atomic E-state index is 12.5. The molecule has 3 rings (SSSR count). The van der Waals surface area contributed by atoms with Crippen molar-refractivity contribution < 1.29 is 65.9 Å². The number of nitro groups is 1. The monoisotopic (exact) mass is 675 g/mol. The molecular formula is C20H28N3O17P3. The number of nitrogens with zero attached hydrogens (tertiary/aromatic N) is 2. The number of benzene rings is 1. The van der Waals surface area contributed by atoms with Gasteiger partial charge in [-0.15, -0.1) is 0 Å². The number of rotatable bonds is 14. The Kier molecular flexibility index (Phi) is 11.2. The van der Waals surface area contributed by atoms with Crippen molar-refractivity contribution in [1.29, 1.82) is 0 Å².